The summed E-state index contributed by atoms with van der Waals surface area (Å²) >= 11 is 3.16. The number of benzene rings is 1. The lowest BCUT2D eigenvalue weighted by Gasteiger charge is -2.00. The average Bonchev–Trinajstić information content (AvgIpc) is 3.31. The predicted molar refractivity (Wildman–Crippen MR) is 95.0 cm³/mol. The van der Waals surface area contributed by atoms with Gasteiger partial charge in [-0.25, -0.2) is 0 Å². The molecular formula is C18H13NO2S2. The second kappa shape index (κ2) is 6.02. The summed E-state index contributed by atoms with van der Waals surface area (Å²) in [6.45, 7) is 0.537. The summed E-state index contributed by atoms with van der Waals surface area (Å²) in [7, 11) is 0. The van der Waals surface area contributed by atoms with Crippen LogP contribution in [0.4, 0.5) is 0 Å². The molecule has 3 heterocycles. The molecule has 4 aromatic rings. The molecule has 0 aliphatic heterocycles. The zero-order valence-corrected chi connectivity index (χ0v) is 13.7. The third-order valence-corrected chi connectivity index (χ3v) is 5.63. The van der Waals surface area contributed by atoms with Crippen LogP contribution in [0.1, 0.15) is 14.5 Å². The minimum absolute atomic E-state index is 0.0236. The second-order valence-electron chi connectivity index (χ2n) is 5.14. The molecule has 0 atom stereocenters. The van der Waals surface area contributed by atoms with Crippen LogP contribution in [-0.2, 0) is 6.54 Å². The molecule has 0 saturated carbocycles. The summed E-state index contributed by atoms with van der Waals surface area (Å²) in [6.07, 6.45) is 3.39. The van der Waals surface area contributed by atoms with Crippen molar-refractivity contribution < 1.29 is 9.21 Å². The quantitative estimate of drug-likeness (QED) is 0.558. The maximum Gasteiger partial charge on any atom is 0.261 e. The first-order valence-corrected chi connectivity index (χ1v) is 8.86. The fourth-order valence-corrected chi connectivity index (χ4v) is 4.21. The van der Waals surface area contributed by atoms with Gasteiger partial charge in [-0.05, 0) is 40.6 Å². The molecule has 0 aliphatic carbocycles. The van der Waals surface area contributed by atoms with E-state index in [-0.39, 0.29) is 5.91 Å². The fourth-order valence-electron chi connectivity index (χ4n) is 2.40. The van der Waals surface area contributed by atoms with E-state index in [1.807, 2.05) is 36.4 Å². The Kier molecular flexibility index (Phi) is 3.73. The number of furan rings is 1. The van der Waals surface area contributed by atoms with Gasteiger partial charge in [-0.2, -0.15) is 0 Å². The van der Waals surface area contributed by atoms with Gasteiger partial charge in [0.05, 0.1) is 23.9 Å². The van der Waals surface area contributed by atoms with E-state index in [1.165, 1.54) is 11.3 Å². The van der Waals surface area contributed by atoms with Crippen molar-refractivity contribution in [2.75, 3.05) is 0 Å². The number of hydrogen-bond donors (Lipinski definition) is 1. The highest BCUT2D eigenvalue weighted by molar-refractivity contribution is 7.20. The van der Waals surface area contributed by atoms with Crippen LogP contribution >= 0.6 is 22.7 Å². The molecule has 5 heteroatoms. The molecule has 0 fully saturated rings. The molecule has 1 N–H and O–H groups in total. The van der Waals surface area contributed by atoms with Crippen molar-refractivity contribution >= 4 is 38.7 Å². The minimum atomic E-state index is -0.0236. The van der Waals surface area contributed by atoms with Crippen LogP contribution in [0.5, 0.6) is 0 Å². The maximum atomic E-state index is 12.3. The third kappa shape index (κ3) is 2.93. The molecule has 3 aromatic heterocycles. The molecule has 3 nitrogen and oxygen atoms in total. The van der Waals surface area contributed by atoms with E-state index in [2.05, 4.69) is 16.8 Å². The molecule has 0 bridgehead atoms. The molecule has 4 rings (SSSR count). The maximum absolute atomic E-state index is 12.3. The number of carbonyl (C=O) groups excluding carboxylic acids is 1. The molecule has 0 aliphatic rings. The molecule has 23 heavy (non-hydrogen) atoms. The van der Waals surface area contributed by atoms with E-state index in [0.29, 0.717) is 6.54 Å². The van der Waals surface area contributed by atoms with Gasteiger partial charge in [-0.1, -0.05) is 18.2 Å². The van der Waals surface area contributed by atoms with E-state index in [9.17, 15) is 4.79 Å². The monoisotopic (exact) mass is 339 g/mol. The third-order valence-electron chi connectivity index (χ3n) is 3.58. The van der Waals surface area contributed by atoms with Gasteiger partial charge in [0.1, 0.15) is 0 Å². The van der Waals surface area contributed by atoms with Crippen LogP contribution in [0.3, 0.4) is 0 Å². The Bertz CT molecular complexity index is 917. The van der Waals surface area contributed by atoms with E-state index < -0.39 is 0 Å². The van der Waals surface area contributed by atoms with Crippen molar-refractivity contribution in [2.24, 2.45) is 0 Å². The van der Waals surface area contributed by atoms with Crippen molar-refractivity contribution in [2.45, 2.75) is 6.54 Å². The van der Waals surface area contributed by atoms with Crippen LogP contribution in [0.25, 0.3) is 21.2 Å². The van der Waals surface area contributed by atoms with Gasteiger partial charge in [0, 0.05) is 15.1 Å². The summed E-state index contributed by atoms with van der Waals surface area (Å²) in [4.78, 5) is 14.2. The zero-order valence-electron chi connectivity index (χ0n) is 12.1. The van der Waals surface area contributed by atoms with Crippen molar-refractivity contribution in [1.29, 1.82) is 0 Å². The number of fused-ring (bicyclic) bond motifs is 1. The van der Waals surface area contributed by atoms with Gasteiger partial charge >= 0.3 is 0 Å². The molecule has 0 saturated heterocycles. The normalized spacial score (nSPS) is 11.0. The molecule has 114 valence electrons. The number of amides is 1. The highest BCUT2D eigenvalue weighted by Crippen LogP contribution is 2.27. The molecule has 0 unspecified atom stereocenters. The van der Waals surface area contributed by atoms with Gasteiger partial charge in [-0.3, -0.25) is 4.79 Å². The molecule has 0 spiro atoms. The van der Waals surface area contributed by atoms with Gasteiger partial charge in [0.25, 0.3) is 5.91 Å². The lowest BCUT2D eigenvalue weighted by atomic mass is 10.2. The molecule has 1 aromatic carbocycles. The van der Waals surface area contributed by atoms with Gasteiger partial charge in [0.15, 0.2) is 0 Å². The summed E-state index contributed by atoms with van der Waals surface area (Å²) in [5.74, 6) is -0.0236. The van der Waals surface area contributed by atoms with E-state index in [1.54, 1.807) is 23.9 Å². The SMILES string of the molecule is O=C(NCc1cc(-c2ccoc2)cs1)c1cc2ccccc2s1. The molecular weight excluding hydrogens is 326 g/mol. The lowest BCUT2D eigenvalue weighted by Crippen LogP contribution is -2.21. The highest BCUT2D eigenvalue weighted by atomic mass is 32.1. The van der Waals surface area contributed by atoms with Gasteiger partial charge < -0.3 is 9.73 Å². The van der Waals surface area contributed by atoms with Crippen LogP contribution in [-0.4, -0.2) is 5.91 Å². The fraction of sp³-hybridized carbons (Fsp3) is 0.0556. The van der Waals surface area contributed by atoms with Crippen molar-refractivity contribution in [3.8, 4) is 11.1 Å². The summed E-state index contributed by atoms with van der Waals surface area (Å²) in [6, 6.07) is 14.0. The van der Waals surface area contributed by atoms with Gasteiger partial charge in [-0.15, -0.1) is 22.7 Å². The Morgan fingerprint density at radius 2 is 2.04 bits per heavy atom. The van der Waals surface area contributed by atoms with Gasteiger partial charge in [0.2, 0.25) is 0 Å². The highest BCUT2D eigenvalue weighted by Gasteiger charge is 2.10. The largest absolute Gasteiger partial charge is 0.472 e. The van der Waals surface area contributed by atoms with E-state index in [4.69, 9.17) is 4.42 Å². The Morgan fingerprint density at radius 1 is 1.13 bits per heavy atom. The summed E-state index contributed by atoms with van der Waals surface area (Å²) < 4.78 is 6.23. The standard InChI is InChI=1S/C18H13NO2S2/c20-18(17-8-12-3-1-2-4-16(12)23-17)19-9-15-7-14(11-22-15)13-5-6-21-10-13/h1-8,10-11H,9H2,(H,19,20). The van der Waals surface area contributed by atoms with Crippen LogP contribution in [0.15, 0.2) is 64.8 Å². The van der Waals surface area contributed by atoms with Crippen LogP contribution in [0, 0.1) is 0 Å². The lowest BCUT2D eigenvalue weighted by molar-refractivity contribution is 0.0955. The van der Waals surface area contributed by atoms with E-state index in [0.717, 1.165) is 31.0 Å². The topological polar surface area (TPSA) is 42.2 Å². The Morgan fingerprint density at radius 3 is 2.87 bits per heavy atom. The summed E-state index contributed by atoms with van der Waals surface area (Å²) in [5, 5.41) is 6.18. The smallest absolute Gasteiger partial charge is 0.261 e. The molecule has 1 amide bonds. The van der Waals surface area contributed by atoms with E-state index >= 15 is 0 Å². The number of hydrogen-bond acceptors (Lipinski definition) is 4. The number of rotatable bonds is 4. The number of thiophene rings is 2. The minimum Gasteiger partial charge on any atom is -0.472 e. The summed E-state index contributed by atoms with van der Waals surface area (Å²) in [5.41, 5.74) is 2.18. The molecule has 0 radical (unpaired) electrons. The van der Waals surface area contributed by atoms with Crippen LogP contribution in [0.2, 0.25) is 0 Å². The number of carbonyl (C=O) groups is 1. The predicted octanol–water partition coefficient (Wildman–Crippen LogP) is 5.15. The first-order valence-electron chi connectivity index (χ1n) is 7.16. The first-order chi connectivity index (χ1) is 11.3. The van der Waals surface area contributed by atoms with Crippen molar-refractivity contribution in [3.63, 3.8) is 0 Å². The zero-order chi connectivity index (χ0) is 15.6. The Balaban J connectivity index is 1.45. The van der Waals surface area contributed by atoms with Crippen molar-refractivity contribution in [1.82, 2.24) is 5.32 Å². The van der Waals surface area contributed by atoms with Crippen LogP contribution < -0.4 is 5.32 Å². The first kappa shape index (κ1) is 14.2. The van der Waals surface area contributed by atoms with Crippen molar-refractivity contribution in [3.05, 3.63) is 70.1 Å². The number of nitrogens with one attached hydrogen (secondary N) is 1. The second-order valence-corrected chi connectivity index (χ2v) is 7.22. The Labute approximate surface area is 141 Å². The Hall–Kier alpha value is -2.37. The average molecular weight is 339 g/mol.